The lowest BCUT2D eigenvalue weighted by Crippen LogP contribution is -2.61. The summed E-state index contributed by atoms with van der Waals surface area (Å²) < 4.78 is 20.2. The van der Waals surface area contributed by atoms with E-state index in [0.29, 0.717) is 67.0 Å². The van der Waals surface area contributed by atoms with Crippen molar-refractivity contribution in [3.63, 3.8) is 0 Å². The molecule has 3 aliphatic heterocycles. The lowest BCUT2D eigenvalue weighted by atomic mass is 9.88. The van der Waals surface area contributed by atoms with Crippen LogP contribution >= 0.6 is 22.9 Å². The van der Waals surface area contributed by atoms with Crippen LogP contribution in [0.25, 0.3) is 0 Å². The number of halogens is 2. The number of aliphatic imine (C=N–C) groups is 1. The normalized spacial score (nSPS) is 23.9. The van der Waals surface area contributed by atoms with Crippen molar-refractivity contribution in [3.8, 4) is 0 Å². The molecule has 2 aromatic rings. The van der Waals surface area contributed by atoms with Crippen LogP contribution in [0.3, 0.4) is 0 Å². The van der Waals surface area contributed by atoms with Crippen molar-refractivity contribution in [2.24, 2.45) is 4.99 Å². The molecule has 12 heteroatoms. The number of nitrogens with zero attached hydrogens (tertiary/aromatic N) is 4. The number of hydrogen-bond acceptors (Lipinski definition) is 8. The molecule has 3 aliphatic rings. The molecule has 0 spiro atoms. The second-order valence-electron chi connectivity index (χ2n) is 10.00. The van der Waals surface area contributed by atoms with E-state index in [4.69, 9.17) is 21.3 Å². The number of aliphatic carboxylic acids is 1. The van der Waals surface area contributed by atoms with Gasteiger partial charge in [0.15, 0.2) is 0 Å². The maximum absolute atomic E-state index is 14.7. The molecule has 1 amide bonds. The molecule has 2 saturated heterocycles. The van der Waals surface area contributed by atoms with Crippen molar-refractivity contribution in [2.45, 2.75) is 57.2 Å². The number of fused-ring (bicyclic) bond motifs is 1. The molecule has 3 atom stereocenters. The summed E-state index contributed by atoms with van der Waals surface area (Å²) in [7, 11) is 0. The number of carbonyl (C=O) groups is 3. The van der Waals surface area contributed by atoms with E-state index < -0.39 is 35.9 Å². The molecule has 40 heavy (non-hydrogen) atoms. The summed E-state index contributed by atoms with van der Waals surface area (Å²) >= 11 is 7.89. The minimum Gasteiger partial charge on any atom is -0.480 e. The molecule has 5 rings (SSSR count). The van der Waals surface area contributed by atoms with E-state index in [0.717, 1.165) is 0 Å². The molecule has 0 saturated carbocycles. The Bertz CT molecular complexity index is 1360. The van der Waals surface area contributed by atoms with Gasteiger partial charge in [-0.2, -0.15) is 0 Å². The minimum absolute atomic E-state index is 0.0295. The number of carbonyl (C=O) groups excluding carboxylic acids is 2. The molecule has 3 unspecified atom stereocenters. The van der Waals surface area contributed by atoms with Gasteiger partial charge in [-0.25, -0.2) is 14.2 Å². The van der Waals surface area contributed by atoms with Crippen molar-refractivity contribution < 1.29 is 28.6 Å². The Hall–Kier alpha value is -3.15. The number of amides is 1. The standard InChI is InChI=1S/C28H30ClFN4O5S/c1-2-39-28(38)22-16(15-33-12-13-34-20(9-10-21(34)35)25(33)27(36)37)5-3-8-19(26-31-11-14-40-26)32-24(22)17-6-4-7-18(30)23(17)29/h4,6-7,11,14,20,24-25H,2-3,5,8-10,12-13,15H2,1H3,(H,36,37). The van der Waals surface area contributed by atoms with E-state index in [9.17, 15) is 23.9 Å². The number of piperazine rings is 1. The van der Waals surface area contributed by atoms with Crippen LogP contribution in [0.4, 0.5) is 4.39 Å². The summed E-state index contributed by atoms with van der Waals surface area (Å²) in [6.45, 7) is 2.75. The number of carboxylic acid groups (broad SMARTS) is 1. The van der Waals surface area contributed by atoms with Crippen LogP contribution in [0.1, 0.15) is 55.6 Å². The first-order chi connectivity index (χ1) is 19.3. The van der Waals surface area contributed by atoms with Crippen LogP contribution in [-0.4, -0.2) is 81.8 Å². The van der Waals surface area contributed by atoms with Gasteiger partial charge in [-0.15, -0.1) is 11.3 Å². The van der Waals surface area contributed by atoms with Gasteiger partial charge >= 0.3 is 11.9 Å². The highest BCUT2D eigenvalue weighted by Crippen LogP contribution is 2.39. The van der Waals surface area contributed by atoms with Gasteiger partial charge in [0, 0.05) is 43.2 Å². The summed E-state index contributed by atoms with van der Waals surface area (Å²) in [5, 5.41) is 12.6. The van der Waals surface area contributed by atoms with E-state index in [2.05, 4.69) is 4.98 Å². The Labute approximate surface area is 240 Å². The fraction of sp³-hybridized carbons (Fsp3) is 0.464. The molecular weight excluding hydrogens is 559 g/mol. The smallest absolute Gasteiger partial charge is 0.336 e. The highest BCUT2D eigenvalue weighted by Gasteiger charge is 2.46. The van der Waals surface area contributed by atoms with Crippen LogP contribution in [-0.2, 0) is 19.1 Å². The maximum atomic E-state index is 14.7. The van der Waals surface area contributed by atoms with Crippen molar-refractivity contribution in [1.29, 1.82) is 0 Å². The molecule has 1 aromatic heterocycles. The van der Waals surface area contributed by atoms with Crippen LogP contribution in [0.5, 0.6) is 0 Å². The van der Waals surface area contributed by atoms with Crippen molar-refractivity contribution in [2.75, 3.05) is 26.2 Å². The SMILES string of the molecule is CCOC(=O)C1=C(CN2CCN3C(=O)CCC3C2C(=O)O)CCCC(c2nccs2)=NC1c1cccc(F)c1Cl. The second kappa shape index (κ2) is 12.2. The average molecular weight is 589 g/mol. The molecule has 9 nitrogen and oxygen atoms in total. The minimum atomic E-state index is -1.01. The summed E-state index contributed by atoms with van der Waals surface area (Å²) in [5.74, 6) is -2.28. The van der Waals surface area contributed by atoms with Gasteiger partial charge in [0.05, 0.1) is 29.0 Å². The molecule has 212 valence electrons. The van der Waals surface area contributed by atoms with Gasteiger partial charge < -0.3 is 14.7 Å². The summed E-state index contributed by atoms with van der Waals surface area (Å²) in [4.78, 5) is 51.3. The zero-order valence-corrected chi connectivity index (χ0v) is 23.6. The summed E-state index contributed by atoms with van der Waals surface area (Å²) in [6.07, 6.45) is 4.15. The van der Waals surface area contributed by atoms with Gasteiger partial charge in [0.1, 0.15) is 22.9 Å². The van der Waals surface area contributed by atoms with Crippen molar-refractivity contribution >= 4 is 46.5 Å². The summed E-state index contributed by atoms with van der Waals surface area (Å²) in [5.41, 5.74) is 1.91. The first-order valence-electron chi connectivity index (χ1n) is 13.4. The first kappa shape index (κ1) is 28.4. The molecule has 1 N–H and O–H groups in total. The predicted octanol–water partition coefficient (Wildman–Crippen LogP) is 4.27. The predicted molar refractivity (Wildman–Crippen MR) is 148 cm³/mol. The number of ether oxygens (including phenoxy) is 1. The van der Waals surface area contributed by atoms with E-state index in [1.165, 1.54) is 23.5 Å². The van der Waals surface area contributed by atoms with Crippen molar-refractivity contribution in [3.05, 3.63) is 62.3 Å². The number of esters is 1. The molecule has 4 heterocycles. The van der Waals surface area contributed by atoms with Gasteiger partial charge in [-0.3, -0.25) is 19.5 Å². The molecule has 1 aromatic carbocycles. The van der Waals surface area contributed by atoms with Gasteiger partial charge in [0.25, 0.3) is 0 Å². The number of carboxylic acids is 1. The number of rotatable bonds is 7. The quantitative estimate of drug-likeness (QED) is 0.481. The van der Waals surface area contributed by atoms with Crippen LogP contribution in [0.2, 0.25) is 5.02 Å². The van der Waals surface area contributed by atoms with Crippen LogP contribution in [0.15, 0.2) is 45.9 Å². The Balaban J connectivity index is 1.64. The second-order valence-corrected chi connectivity index (χ2v) is 11.3. The Kier molecular flexibility index (Phi) is 8.62. The molecule has 0 bridgehead atoms. The Morgan fingerprint density at radius 3 is 2.80 bits per heavy atom. The van der Waals surface area contributed by atoms with E-state index in [1.54, 1.807) is 24.1 Å². The van der Waals surface area contributed by atoms with Crippen molar-refractivity contribution in [1.82, 2.24) is 14.8 Å². The number of aromatic nitrogens is 1. The van der Waals surface area contributed by atoms with Gasteiger partial charge in [-0.05, 0) is 44.2 Å². The monoisotopic (exact) mass is 588 g/mol. The molecule has 0 aliphatic carbocycles. The van der Waals surface area contributed by atoms with Gasteiger partial charge in [0.2, 0.25) is 5.91 Å². The fourth-order valence-electron chi connectivity index (χ4n) is 5.93. The Morgan fingerprint density at radius 2 is 2.08 bits per heavy atom. The zero-order chi connectivity index (χ0) is 28.4. The lowest BCUT2D eigenvalue weighted by Gasteiger charge is -2.43. The topological polar surface area (TPSA) is 112 Å². The lowest BCUT2D eigenvalue weighted by molar-refractivity contribution is -0.149. The first-order valence-corrected chi connectivity index (χ1v) is 14.6. The molecular formula is C28H30ClFN4O5S. The maximum Gasteiger partial charge on any atom is 0.336 e. The third kappa shape index (κ3) is 5.55. The molecule has 0 radical (unpaired) electrons. The number of thiazole rings is 1. The van der Waals surface area contributed by atoms with Crippen LogP contribution < -0.4 is 0 Å². The molecule has 2 fully saturated rings. The highest BCUT2D eigenvalue weighted by atomic mass is 35.5. The number of benzene rings is 1. The Morgan fingerprint density at radius 1 is 1.25 bits per heavy atom. The zero-order valence-electron chi connectivity index (χ0n) is 22.0. The highest BCUT2D eigenvalue weighted by molar-refractivity contribution is 7.11. The largest absolute Gasteiger partial charge is 0.480 e. The third-order valence-electron chi connectivity index (χ3n) is 7.69. The van der Waals surface area contributed by atoms with E-state index in [-0.39, 0.29) is 29.7 Å². The average Bonchev–Trinajstić information content (AvgIpc) is 3.58. The fourth-order valence-corrected chi connectivity index (χ4v) is 6.83. The third-order valence-corrected chi connectivity index (χ3v) is 8.91. The van der Waals surface area contributed by atoms with Gasteiger partial charge in [-0.1, -0.05) is 23.7 Å². The van der Waals surface area contributed by atoms with Crippen LogP contribution in [0, 0.1) is 5.82 Å². The van der Waals surface area contributed by atoms with E-state index in [1.807, 2.05) is 10.3 Å². The van der Waals surface area contributed by atoms with E-state index >= 15 is 0 Å². The summed E-state index contributed by atoms with van der Waals surface area (Å²) in [6, 6.07) is 2.09. The number of hydrogen-bond donors (Lipinski definition) is 1.